The predicted molar refractivity (Wildman–Crippen MR) is 107 cm³/mol. The maximum Gasteiger partial charge on any atom is 0.349 e. The number of aromatic nitrogens is 1. The predicted octanol–water partition coefficient (Wildman–Crippen LogP) is 4.86. The number of aliphatic carboxylic acids is 1. The molecule has 7 heteroatoms. The molecule has 6 nitrogen and oxygen atoms in total. The van der Waals surface area contributed by atoms with Gasteiger partial charge in [-0.3, -0.25) is 0 Å². The number of thiophene rings is 1. The summed E-state index contributed by atoms with van der Waals surface area (Å²) in [5, 5.41) is 11.6. The third kappa shape index (κ3) is 3.47. The number of anilines is 1. The molecule has 0 spiro atoms. The van der Waals surface area contributed by atoms with Gasteiger partial charge in [0.1, 0.15) is 5.69 Å². The van der Waals surface area contributed by atoms with Crippen LogP contribution in [0.3, 0.4) is 0 Å². The van der Waals surface area contributed by atoms with Crippen LogP contribution in [0, 0.1) is 0 Å². The first-order valence-corrected chi connectivity index (χ1v) is 9.33. The van der Waals surface area contributed by atoms with Crippen LogP contribution in [0.4, 0.5) is 5.69 Å². The van der Waals surface area contributed by atoms with E-state index in [4.69, 9.17) is 14.9 Å². The summed E-state index contributed by atoms with van der Waals surface area (Å²) in [5.41, 5.74) is 9.13. The number of carboxylic acids is 1. The van der Waals surface area contributed by atoms with Gasteiger partial charge >= 0.3 is 5.97 Å². The number of carbonyl (C=O) groups is 1. The first-order valence-electron chi connectivity index (χ1n) is 8.45. The number of ether oxygens (including phenoxy) is 1. The van der Waals surface area contributed by atoms with E-state index in [1.807, 2.05) is 29.6 Å². The minimum absolute atomic E-state index is 0.0679. The van der Waals surface area contributed by atoms with Gasteiger partial charge in [0, 0.05) is 16.7 Å². The van der Waals surface area contributed by atoms with Crippen molar-refractivity contribution in [2.75, 3.05) is 5.73 Å². The van der Waals surface area contributed by atoms with Crippen LogP contribution in [0.15, 0.2) is 76.9 Å². The fraction of sp³-hybridized carbons (Fsp3) is 0.0476. The second kappa shape index (κ2) is 7.58. The molecular weight excluding hydrogens is 376 g/mol. The monoisotopic (exact) mass is 392 g/mol. The Morgan fingerprint density at radius 1 is 1.18 bits per heavy atom. The summed E-state index contributed by atoms with van der Waals surface area (Å²) in [4.78, 5) is 17.3. The van der Waals surface area contributed by atoms with Crippen LogP contribution in [0.2, 0.25) is 0 Å². The van der Waals surface area contributed by atoms with E-state index in [1.54, 1.807) is 42.9 Å². The minimum Gasteiger partial charge on any atom is -0.478 e. The quantitative estimate of drug-likeness (QED) is 0.486. The molecule has 1 atom stereocenters. The highest BCUT2D eigenvalue weighted by atomic mass is 32.1. The van der Waals surface area contributed by atoms with Crippen molar-refractivity contribution in [3.63, 3.8) is 0 Å². The summed E-state index contributed by atoms with van der Waals surface area (Å²) in [6, 6.07) is 16.2. The van der Waals surface area contributed by atoms with Crippen LogP contribution in [-0.4, -0.2) is 16.1 Å². The molecule has 3 N–H and O–H groups in total. The van der Waals surface area contributed by atoms with E-state index in [0.29, 0.717) is 16.8 Å². The summed E-state index contributed by atoms with van der Waals surface area (Å²) < 4.78 is 11.0. The fourth-order valence-electron chi connectivity index (χ4n) is 2.83. The number of furan rings is 1. The lowest BCUT2D eigenvalue weighted by molar-refractivity contribution is -0.145. The molecule has 0 aliphatic rings. The molecular formula is C21H16N2O4S. The van der Waals surface area contributed by atoms with Crippen molar-refractivity contribution in [3.8, 4) is 27.6 Å². The standard InChI is InChI=1S/C21H16N2O4S/c22-18-15(14-8-9-26-12-14)11-16(17-7-4-10-28-17)23-20(18)27-19(21(24)25)13-5-2-1-3-6-13/h1-12,19H,22H2,(H,24,25)/t19-/m1/s1. The van der Waals surface area contributed by atoms with Crippen LogP contribution in [0.25, 0.3) is 21.7 Å². The number of rotatable bonds is 6. The third-order valence-electron chi connectivity index (χ3n) is 4.19. The van der Waals surface area contributed by atoms with Gasteiger partial charge < -0.3 is 20.0 Å². The highest BCUT2D eigenvalue weighted by molar-refractivity contribution is 7.13. The molecule has 0 unspecified atom stereocenters. The number of nitrogens with two attached hydrogens (primary N) is 1. The molecule has 3 heterocycles. The smallest absolute Gasteiger partial charge is 0.349 e. The van der Waals surface area contributed by atoms with E-state index < -0.39 is 12.1 Å². The van der Waals surface area contributed by atoms with E-state index in [9.17, 15) is 9.90 Å². The van der Waals surface area contributed by atoms with Gasteiger partial charge in [0.2, 0.25) is 12.0 Å². The van der Waals surface area contributed by atoms with Crippen molar-refractivity contribution in [1.82, 2.24) is 4.98 Å². The molecule has 0 aliphatic heterocycles. The van der Waals surface area contributed by atoms with Crippen molar-refractivity contribution in [2.45, 2.75) is 6.10 Å². The lowest BCUT2D eigenvalue weighted by Gasteiger charge is -2.18. The highest BCUT2D eigenvalue weighted by Crippen LogP contribution is 2.38. The Bertz CT molecular complexity index is 1080. The Labute approximate surface area is 164 Å². The van der Waals surface area contributed by atoms with Gasteiger partial charge in [0.05, 0.1) is 23.1 Å². The molecule has 0 saturated carbocycles. The van der Waals surface area contributed by atoms with Crippen molar-refractivity contribution in [1.29, 1.82) is 0 Å². The van der Waals surface area contributed by atoms with Crippen molar-refractivity contribution in [2.24, 2.45) is 0 Å². The van der Waals surface area contributed by atoms with Gasteiger partial charge in [-0.2, -0.15) is 0 Å². The largest absolute Gasteiger partial charge is 0.478 e. The molecule has 28 heavy (non-hydrogen) atoms. The second-order valence-corrected chi connectivity index (χ2v) is 6.96. The molecule has 0 bridgehead atoms. The minimum atomic E-state index is -1.23. The van der Waals surface area contributed by atoms with Crippen LogP contribution in [0.5, 0.6) is 5.88 Å². The number of benzene rings is 1. The number of nitrogens with zero attached hydrogens (tertiary/aromatic N) is 1. The number of hydrogen-bond donors (Lipinski definition) is 2. The van der Waals surface area contributed by atoms with Crippen molar-refractivity contribution >= 4 is 23.0 Å². The van der Waals surface area contributed by atoms with Crippen LogP contribution in [0.1, 0.15) is 11.7 Å². The zero-order chi connectivity index (χ0) is 19.5. The third-order valence-corrected chi connectivity index (χ3v) is 5.08. The first kappa shape index (κ1) is 17.8. The SMILES string of the molecule is Nc1c(-c2ccoc2)cc(-c2cccs2)nc1O[C@@H](C(=O)O)c1ccccc1. The summed E-state index contributed by atoms with van der Waals surface area (Å²) in [7, 11) is 0. The summed E-state index contributed by atoms with van der Waals surface area (Å²) in [6.07, 6.45) is 1.89. The first-order chi connectivity index (χ1) is 13.6. The summed E-state index contributed by atoms with van der Waals surface area (Å²) in [6.45, 7) is 0. The fourth-order valence-corrected chi connectivity index (χ4v) is 3.52. The van der Waals surface area contributed by atoms with Crippen molar-refractivity contribution in [3.05, 3.63) is 78.1 Å². The van der Waals surface area contributed by atoms with Gasteiger partial charge in [-0.05, 0) is 23.6 Å². The Morgan fingerprint density at radius 3 is 2.64 bits per heavy atom. The van der Waals surface area contributed by atoms with Gasteiger partial charge in [0.25, 0.3) is 0 Å². The zero-order valence-electron chi connectivity index (χ0n) is 14.6. The molecule has 3 aromatic heterocycles. The molecule has 1 aromatic carbocycles. The van der Waals surface area contributed by atoms with Gasteiger partial charge in [-0.15, -0.1) is 11.3 Å². The Morgan fingerprint density at radius 2 is 2.00 bits per heavy atom. The molecule has 140 valence electrons. The molecule has 0 saturated heterocycles. The van der Waals surface area contributed by atoms with E-state index in [0.717, 1.165) is 10.4 Å². The van der Waals surface area contributed by atoms with Gasteiger partial charge in [0.15, 0.2) is 0 Å². The molecule has 0 radical (unpaired) electrons. The Kier molecular flexibility index (Phi) is 4.82. The number of nitrogen functional groups attached to an aromatic ring is 1. The van der Waals surface area contributed by atoms with Crippen LogP contribution >= 0.6 is 11.3 Å². The van der Waals surface area contributed by atoms with E-state index in [1.165, 1.54) is 11.3 Å². The molecule has 0 amide bonds. The molecule has 0 aliphatic carbocycles. The lowest BCUT2D eigenvalue weighted by Crippen LogP contribution is -2.19. The maximum absolute atomic E-state index is 11.8. The summed E-state index contributed by atoms with van der Waals surface area (Å²) in [5.74, 6) is -1.06. The second-order valence-electron chi connectivity index (χ2n) is 6.01. The molecule has 4 aromatic rings. The average molecular weight is 392 g/mol. The number of hydrogen-bond acceptors (Lipinski definition) is 6. The number of pyridine rings is 1. The summed E-state index contributed by atoms with van der Waals surface area (Å²) >= 11 is 1.52. The average Bonchev–Trinajstić information content (AvgIpc) is 3.41. The lowest BCUT2D eigenvalue weighted by atomic mass is 10.1. The highest BCUT2D eigenvalue weighted by Gasteiger charge is 2.25. The van der Waals surface area contributed by atoms with E-state index in [-0.39, 0.29) is 11.6 Å². The van der Waals surface area contributed by atoms with Crippen molar-refractivity contribution < 1.29 is 19.1 Å². The van der Waals surface area contributed by atoms with Gasteiger partial charge in [-0.1, -0.05) is 36.4 Å². The number of carboxylic acid groups (broad SMARTS) is 1. The van der Waals surface area contributed by atoms with Crippen LogP contribution < -0.4 is 10.5 Å². The molecule has 4 rings (SSSR count). The van der Waals surface area contributed by atoms with E-state index >= 15 is 0 Å². The Balaban J connectivity index is 1.82. The van der Waals surface area contributed by atoms with Crippen LogP contribution in [-0.2, 0) is 4.79 Å². The maximum atomic E-state index is 11.8. The topological polar surface area (TPSA) is 98.6 Å². The zero-order valence-corrected chi connectivity index (χ0v) is 15.4. The Hall–Kier alpha value is -3.58. The molecule has 0 fully saturated rings. The normalized spacial score (nSPS) is 11.9. The van der Waals surface area contributed by atoms with Gasteiger partial charge in [-0.25, -0.2) is 9.78 Å². The van der Waals surface area contributed by atoms with E-state index in [2.05, 4.69) is 4.98 Å².